The van der Waals surface area contributed by atoms with E-state index in [2.05, 4.69) is 23.8 Å². The number of piperazine rings is 1. The van der Waals surface area contributed by atoms with Crippen LogP contribution < -0.4 is 5.73 Å². The van der Waals surface area contributed by atoms with Crippen molar-refractivity contribution in [1.29, 1.82) is 0 Å². The Kier molecular flexibility index (Phi) is 4.22. The lowest BCUT2D eigenvalue weighted by atomic mass is 9.95. The Hall–Kier alpha value is -0.120. The lowest BCUT2D eigenvalue weighted by molar-refractivity contribution is 0.0787. The quantitative estimate of drug-likeness (QED) is 0.778. The van der Waals surface area contributed by atoms with Gasteiger partial charge in [0, 0.05) is 32.2 Å². The van der Waals surface area contributed by atoms with Crippen molar-refractivity contribution < 1.29 is 0 Å². The van der Waals surface area contributed by atoms with Crippen molar-refractivity contribution in [3.63, 3.8) is 0 Å². The summed E-state index contributed by atoms with van der Waals surface area (Å²) in [6.45, 7) is 8.24. The maximum atomic E-state index is 5.86. The fourth-order valence-corrected chi connectivity index (χ4v) is 3.41. The summed E-state index contributed by atoms with van der Waals surface area (Å²) in [7, 11) is 2.23. The average Bonchev–Trinajstić information content (AvgIpc) is 2.69. The average molecular weight is 225 g/mol. The van der Waals surface area contributed by atoms with Crippen molar-refractivity contribution in [2.75, 3.05) is 39.8 Å². The molecular formula is C13H27N3. The summed E-state index contributed by atoms with van der Waals surface area (Å²) in [5.74, 6) is 1.67. The number of rotatable bonds is 3. The van der Waals surface area contributed by atoms with Gasteiger partial charge in [0.1, 0.15) is 0 Å². The summed E-state index contributed by atoms with van der Waals surface area (Å²) in [6, 6.07) is 0.720. The molecule has 1 aliphatic carbocycles. The van der Waals surface area contributed by atoms with E-state index < -0.39 is 0 Å². The van der Waals surface area contributed by atoms with Crippen LogP contribution in [-0.4, -0.2) is 55.6 Å². The standard InChI is InChI=1S/C13H27N3/c1-11-9-15(2)6-7-16(11)10-13-5-3-4-12(13)8-14/h11-13H,3-10,14H2,1-2H3. The van der Waals surface area contributed by atoms with E-state index in [-0.39, 0.29) is 0 Å². The molecule has 0 aromatic carbocycles. The molecule has 1 aliphatic heterocycles. The first-order chi connectivity index (χ1) is 7.70. The van der Waals surface area contributed by atoms with Crippen molar-refractivity contribution in [2.45, 2.75) is 32.2 Å². The van der Waals surface area contributed by atoms with Gasteiger partial charge in [0.15, 0.2) is 0 Å². The van der Waals surface area contributed by atoms with Crippen LogP contribution in [0.3, 0.4) is 0 Å². The second-order valence-corrected chi connectivity index (χ2v) is 5.79. The third-order valence-electron chi connectivity index (χ3n) is 4.56. The van der Waals surface area contributed by atoms with E-state index in [1.807, 2.05) is 0 Å². The predicted octanol–water partition coefficient (Wildman–Crippen LogP) is 0.997. The lowest BCUT2D eigenvalue weighted by Gasteiger charge is -2.40. The summed E-state index contributed by atoms with van der Waals surface area (Å²) in [5.41, 5.74) is 5.86. The van der Waals surface area contributed by atoms with Crippen molar-refractivity contribution in [3.05, 3.63) is 0 Å². The molecule has 3 unspecified atom stereocenters. The minimum Gasteiger partial charge on any atom is -0.330 e. The first-order valence-electron chi connectivity index (χ1n) is 6.83. The Balaban J connectivity index is 1.84. The normalized spacial score (nSPS) is 38.1. The molecule has 3 atom stereocenters. The molecule has 2 aliphatic rings. The summed E-state index contributed by atoms with van der Waals surface area (Å²) >= 11 is 0. The molecule has 3 nitrogen and oxygen atoms in total. The molecule has 0 amide bonds. The van der Waals surface area contributed by atoms with E-state index in [0.29, 0.717) is 0 Å². The molecule has 1 saturated carbocycles. The molecule has 0 bridgehead atoms. The van der Waals surface area contributed by atoms with Gasteiger partial charge in [-0.05, 0) is 45.2 Å². The first kappa shape index (κ1) is 12.3. The SMILES string of the molecule is CC1CN(C)CCN1CC1CCCC1CN. The largest absolute Gasteiger partial charge is 0.330 e. The van der Waals surface area contributed by atoms with Crippen molar-refractivity contribution >= 4 is 0 Å². The molecular weight excluding hydrogens is 198 g/mol. The second-order valence-electron chi connectivity index (χ2n) is 5.79. The van der Waals surface area contributed by atoms with Crippen LogP contribution in [0.25, 0.3) is 0 Å². The zero-order chi connectivity index (χ0) is 11.5. The lowest BCUT2D eigenvalue weighted by Crippen LogP contribution is -2.52. The highest BCUT2D eigenvalue weighted by atomic mass is 15.3. The van der Waals surface area contributed by atoms with Gasteiger partial charge < -0.3 is 10.6 Å². The van der Waals surface area contributed by atoms with Crippen molar-refractivity contribution in [2.24, 2.45) is 17.6 Å². The number of hydrogen-bond acceptors (Lipinski definition) is 3. The molecule has 1 heterocycles. The molecule has 94 valence electrons. The van der Waals surface area contributed by atoms with Crippen LogP contribution in [0.2, 0.25) is 0 Å². The van der Waals surface area contributed by atoms with Crippen LogP contribution in [0.1, 0.15) is 26.2 Å². The van der Waals surface area contributed by atoms with Gasteiger partial charge in [0.2, 0.25) is 0 Å². The van der Waals surface area contributed by atoms with E-state index in [4.69, 9.17) is 5.73 Å². The number of nitrogens with zero attached hydrogens (tertiary/aromatic N) is 2. The van der Waals surface area contributed by atoms with Crippen LogP contribution in [0.4, 0.5) is 0 Å². The monoisotopic (exact) mass is 225 g/mol. The highest BCUT2D eigenvalue weighted by Crippen LogP contribution is 2.32. The summed E-state index contributed by atoms with van der Waals surface area (Å²) in [4.78, 5) is 5.12. The van der Waals surface area contributed by atoms with Crippen LogP contribution >= 0.6 is 0 Å². The Morgan fingerprint density at radius 2 is 1.94 bits per heavy atom. The van der Waals surface area contributed by atoms with Crippen LogP contribution in [0.5, 0.6) is 0 Å². The molecule has 1 saturated heterocycles. The van der Waals surface area contributed by atoms with Gasteiger partial charge in [0.05, 0.1) is 0 Å². The van der Waals surface area contributed by atoms with Crippen molar-refractivity contribution in [3.8, 4) is 0 Å². The summed E-state index contributed by atoms with van der Waals surface area (Å²) in [5, 5.41) is 0. The Labute approximate surface area is 100.0 Å². The third-order valence-corrected chi connectivity index (χ3v) is 4.56. The zero-order valence-electron chi connectivity index (χ0n) is 10.9. The zero-order valence-corrected chi connectivity index (χ0v) is 10.9. The fourth-order valence-electron chi connectivity index (χ4n) is 3.41. The number of likely N-dealkylation sites (N-methyl/N-ethyl adjacent to an activating group) is 1. The van der Waals surface area contributed by atoms with Crippen molar-refractivity contribution in [1.82, 2.24) is 9.80 Å². The number of nitrogens with two attached hydrogens (primary N) is 1. The Bertz CT molecular complexity index is 219. The minimum absolute atomic E-state index is 0.720. The molecule has 2 N–H and O–H groups in total. The molecule has 0 radical (unpaired) electrons. The molecule has 0 spiro atoms. The van der Waals surface area contributed by atoms with E-state index in [1.54, 1.807) is 0 Å². The van der Waals surface area contributed by atoms with Gasteiger partial charge in [-0.2, -0.15) is 0 Å². The van der Waals surface area contributed by atoms with Crippen LogP contribution in [0.15, 0.2) is 0 Å². The maximum Gasteiger partial charge on any atom is 0.0195 e. The van der Waals surface area contributed by atoms with Crippen LogP contribution in [-0.2, 0) is 0 Å². The van der Waals surface area contributed by atoms with Gasteiger partial charge >= 0.3 is 0 Å². The van der Waals surface area contributed by atoms with Gasteiger partial charge in [-0.15, -0.1) is 0 Å². The highest BCUT2D eigenvalue weighted by Gasteiger charge is 2.30. The molecule has 3 heteroatoms. The summed E-state index contributed by atoms with van der Waals surface area (Å²) < 4.78 is 0. The van der Waals surface area contributed by atoms with Gasteiger partial charge in [0.25, 0.3) is 0 Å². The van der Waals surface area contributed by atoms with Gasteiger partial charge in [-0.25, -0.2) is 0 Å². The second kappa shape index (κ2) is 5.48. The highest BCUT2D eigenvalue weighted by molar-refractivity contribution is 4.84. The smallest absolute Gasteiger partial charge is 0.0195 e. The maximum absolute atomic E-state index is 5.86. The molecule has 2 rings (SSSR count). The fraction of sp³-hybridized carbons (Fsp3) is 1.00. The van der Waals surface area contributed by atoms with E-state index in [9.17, 15) is 0 Å². The third kappa shape index (κ3) is 2.76. The van der Waals surface area contributed by atoms with E-state index in [0.717, 1.165) is 24.4 Å². The Morgan fingerprint density at radius 3 is 2.62 bits per heavy atom. The topological polar surface area (TPSA) is 32.5 Å². The molecule has 0 aromatic heterocycles. The Morgan fingerprint density at radius 1 is 1.19 bits per heavy atom. The van der Waals surface area contributed by atoms with Crippen LogP contribution in [0, 0.1) is 11.8 Å². The minimum atomic E-state index is 0.720. The molecule has 16 heavy (non-hydrogen) atoms. The van der Waals surface area contributed by atoms with Gasteiger partial charge in [-0.3, -0.25) is 4.90 Å². The van der Waals surface area contributed by atoms with E-state index in [1.165, 1.54) is 45.4 Å². The molecule has 2 fully saturated rings. The predicted molar refractivity (Wildman–Crippen MR) is 68.4 cm³/mol. The molecule has 0 aromatic rings. The number of hydrogen-bond donors (Lipinski definition) is 1. The van der Waals surface area contributed by atoms with Gasteiger partial charge in [-0.1, -0.05) is 6.42 Å². The summed E-state index contributed by atoms with van der Waals surface area (Å²) in [6.07, 6.45) is 4.17. The van der Waals surface area contributed by atoms with E-state index >= 15 is 0 Å². The first-order valence-corrected chi connectivity index (χ1v) is 6.83.